The summed E-state index contributed by atoms with van der Waals surface area (Å²) in [7, 11) is 0. The molecule has 262 valence electrons. The van der Waals surface area contributed by atoms with Gasteiger partial charge in [-0.2, -0.15) is 0 Å². The van der Waals surface area contributed by atoms with Crippen LogP contribution in [0, 0.1) is 17.8 Å². The minimum absolute atomic E-state index is 0.0656. The lowest BCUT2D eigenvalue weighted by Crippen LogP contribution is -2.59. The van der Waals surface area contributed by atoms with E-state index in [2.05, 4.69) is 15.6 Å². The summed E-state index contributed by atoms with van der Waals surface area (Å²) in [5.41, 5.74) is 0.658. The van der Waals surface area contributed by atoms with Crippen LogP contribution in [0.3, 0.4) is 0 Å². The number of nitrogens with zero attached hydrogens (tertiary/aromatic N) is 5. The molecule has 3 aromatic rings. The van der Waals surface area contributed by atoms with E-state index >= 15 is 0 Å². The van der Waals surface area contributed by atoms with E-state index in [9.17, 15) is 24.3 Å². The molecule has 2 saturated heterocycles. The minimum Gasteiger partial charge on any atom is -0.463 e. The zero-order valence-electron chi connectivity index (χ0n) is 28.1. The lowest BCUT2D eigenvalue weighted by molar-refractivity contribution is -0.153. The Morgan fingerprint density at radius 3 is 2.60 bits per heavy atom. The third-order valence-corrected chi connectivity index (χ3v) is 10.7. The van der Waals surface area contributed by atoms with Crippen LogP contribution in [-0.2, 0) is 35.3 Å². The number of allylic oxidation sites excluding steroid dienone is 1. The van der Waals surface area contributed by atoms with Gasteiger partial charge in [-0.25, -0.2) is 4.68 Å². The maximum Gasteiger partial charge on any atom is 0.306 e. The average Bonchev–Trinajstić information content (AvgIpc) is 3.72. The summed E-state index contributed by atoms with van der Waals surface area (Å²) < 4.78 is 14.1. The molecule has 1 spiro atoms. The fourth-order valence-electron chi connectivity index (χ4n) is 7.91. The molecule has 0 radical (unpaired) electrons. The number of carbonyl (C=O) groups excluding carboxylic acids is 4. The number of aromatic nitrogens is 3. The SMILES string of the molecule is CC[C@H](C)[C@H](CO)N1C(=O)[C@@H]2[C@H]3C(=O)N[C@H](c4ccccc4)COC(=O)CC/C=C\[C@H]3O[C@@]23C=CCN(Cn2nnc4ccccc42)C(=O)[C@@H]13. The number of para-hydroxylation sites is 1. The summed E-state index contributed by atoms with van der Waals surface area (Å²) >= 11 is 0. The Hall–Kier alpha value is -4.88. The van der Waals surface area contributed by atoms with Crippen LogP contribution in [0.2, 0.25) is 0 Å². The van der Waals surface area contributed by atoms with Crippen molar-refractivity contribution in [3.63, 3.8) is 0 Å². The molecule has 8 atom stereocenters. The van der Waals surface area contributed by atoms with Gasteiger partial charge in [-0.3, -0.25) is 19.2 Å². The average molecular weight is 683 g/mol. The first-order valence-electron chi connectivity index (χ1n) is 17.3. The Morgan fingerprint density at radius 1 is 1.04 bits per heavy atom. The normalized spacial score (nSPS) is 30.3. The van der Waals surface area contributed by atoms with Crippen LogP contribution in [0.4, 0.5) is 0 Å². The highest BCUT2D eigenvalue weighted by Crippen LogP contribution is 2.54. The zero-order valence-corrected chi connectivity index (χ0v) is 28.1. The van der Waals surface area contributed by atoms with E-state index in [1.807, 2.05) is 74.5 Å². The van der Waals surface area contributed by atoms with E-state index in [4.69, 9.17) is 9.47 Å². The molecule has 3 amide bonds. The lowest BCUT2D eigenvalue weighted by Gasteiger charge is -2.40. The highest BCUT2D eigenvalue weighted by atomic mass is 16.5. The summed E-state index contributed by atoms with van der Waals surface area (Å²) in [6.45, 7) is 3.72. The van der Waals surface area contributed by atoms with E-state index in [-0.39, 0.29) is 44.7 Å². The number of aliphatic hydroxyl groups is 1. The van der Waals surface area contributed by atoms with Crippen molar-refractivity contribution in [1.29, 1.82) is 0 Å². The van der Waals surface area contributed by atoms with Crippen molar-refractivity contribution >= 4 is 34.7 Å². The summed E-state index contributed by atoms with van der Waals surface area (Å²) in [6.07, 6.45) is 7.31. The van der Waals surface area contributed by atoms with Crippen LogP contribution in [-0.4, -0.2) is 97.1 Å². The number of cyclic esters (lactones) is 1. The van der Waals surface area contributed by atoms with Crippen LogP contribution in [0.1, 0.15) is 44.7 Å². The van der Waals surface area contributed by atoms with Gasteiger partial charge in [0.2, 0.25) is 11.8 Å². The van der Waals surface area contributed by atoms with E-state index in [1.54, 1.807) is 27.8 Å². The summed E-state index contributed by atoms with van der Waals surface area (Å²) in [6, 6.07) is 14.1. The van der Waals surface area contributed by atoms with Crippen LogP contribution in [0.15, 0.2) is 78.9 Å². The van der Waals surface area contributed by atoms with Crippen molar-refractivity contribution in [2.75, 3.05) is 19.8 Å². The first-order valence-corrected chi connectivity index (χ1v) is 17.3. The second-order valence-electron chi connectivity index (χ2n) is 13.5. The number of hydrogen-bond donors (Lipinski definition) is 2. The Bertz CT molecular complexity index is 1830. The van der Waals surface area contributed by atoms with Crippen LogP contribution in [0.5, 0.6) is 0 Å². The van der Waals surface area contributed by atoms with Gasteiger partial charge in [-0.1, -0.05) is 92.3 Å². The van der Waals surface area contributed by atoms with E-state index in [1.165, 1.54) is 4.90 Å². The minimum atomic E-state index is -1.51. The second-order valence-corrected chi connectivity index (χ2v) is 13.5. The molecule has 4 aliphatic heterocycles. The molecule has 2 N–H and O–H groups in total. The quantitative estimate of drug-likeness (QED) is 0.283. The number of benzene rings is 2. The fraction of sp³-hybridized carbons (Fsp3) is 0.459. The molecule has 13 heteroatoms. The van der Waals surface area contributed by atoms with Gasteiger partial charge in [0.05, 0.1) is 42.1 Å². The molecule has 50 heavy (non-hydrogen) atoms. The van der Waals surface area contributed by atoms with Gasteiger partial charge in [0.25, 0.3) is 5.91 Å². The summed E-state index contributed by atoms with van der Waals surface area (Å²) in [4.78, 5) is 60.0. The first-order chi connectivity index (χ1) is 24.3. The second kappa shape index (κ2) is 13.8. The van der Waals surface area contributed by atoms with Crippen molar-refractivity contribution < 1.29 is 33.8 Å². The summed E-state index contributed by atoms with van der Waals surface area (Å²) in [5.74, 6) is -3.91. The maximum absolute atomic E-state index is 14.9. The van der Waals surface area contributed by atoms with Crippen LogP contribution >= 0.6 is 0 Å². The molecule has 7 rings (SSSR count). The highest BCUT2D eigenvalue weighted by Gasteiger charge is 2.72. The van der Waals surface area contributed by atoms with Crippen molar-refractivity contribution in [2.24, 2.45) is 17.8 Å². The predicted molar refractivity (Wildman–Crippen MR) is 181 cm³/mol. The lowest BCUT2D eigenvalue weighted by atomic mass is 9.77. The molecular weight excluding hydrogens is 640 g/mol. The molecule has 0 aliphatic carbocycles. The molecule has 0 saturated carbocycles. The number of esters is 1. The van der Waals surface area contributed by atoms with Gasteiger partial charge < -0.3 is 29.7 Å². The number of rotatable bonds is 7. The molecule has 0 unspecified atom stereocenters. The number of amides is 3. The van der Waals surface area contributed by atoms with Crippen LogP contribution < -0.4 is 5.32 Å². The van der Waals surface area contributed by atoms with Crippen LogP contribution in [0.25, 0.3) is 11.0 Å². The summed E-state index contributed by atoms with van der Waals surface area (Å²) in [5, 5.41) is 22.3. The molecular formula is C37H42N6O7. The molecule has 5 heterocycles. The van der Waals surface area contributed by atoms with Gasteiger partial charge in [0.15, 0.2) is 0 Å². The smallest absolute Gasteiger partial charge is 0.306 e. The Balaban J connectivity index is 1.31. The monoisotopic (exact) mass is 682 g/mol. The van der Waals surface area contributed by atoms with Gasteiger partial charge in [-0.15, -0.1) is 5.10 Å². The number of aliphatic hydroxyl groups excluding tert-OH is 1. The van der Waals surface area contributed by atoms with Crippen molar-refractivity contribution in [1.82, 2.24) is 30.1 Å². The van der Waals surface area contributed by atoms with Crippen molar-refractivity contribution in [2.45, 2.75) is 69.6 Å². The standard InChI is InChI=1S/C37H42N6O7/c1-3-23(2)28(20-44)43-33-36(48)41(22-42-27-15-8-7-14-25(27)39-40-42)19-11-18-37(33)32(35(43)47)31-29(50-37)16-9-10-17-30(45)49-21-26(38-34(31)46)24-12-5-4-6-13-24/h4-9,11-16,18,23,26,28-29,31-33,44H,3,10,17,19-22H2,1-2H3,(H,38,46)/b16-9-/t23-,26-,28-,29+,31-,32-,33+,37-/m0/s1. The Morgan fingerprint density at radius 2 is 1.82 bits per heavy atom. The molecule has 2 fully saturated rings. The van der Waals surface area contributed by atoms with Gasteiger partial charge in [0.1, 0.15) is 30.4 Å². The zero-order chi connectivity index (χ0) is 35.0. The fourth-order valence-corrected chi connectivity index (χ4v) is 7.91. The number of ether oxygens (including phenoxy) is 2. The Kier molecular flexibility index (Phi) is 9.27. The molecule has 13 nitrogen and oxygen atoms in total. The third-order valence-electron chi connectivity index (χ3n) is 10.7. The molecule has 2 aromatic carbocycles. The largest absolute Gasteiger partial charge is 0.463 e. The molecule has 1 aromatic heterocycles. The molecule has 0 bridgehead atoms. The number of hydrogen-bond acceptors (Lipinski definition) is 9. The highest BCUT2D eigenvalue weighted by molar-refractivity contribution is 6.00. The van der Waals surface area contributed by atoms with E-state index in [0.717, 1.165) is 11.1 Å². The molecule has 4 aliphatic rings. The van der Waals surface area contributed by atoms with Crippen molar-refractivity contribution in [3.8, 4) is 0 Å². The van der Waals surface area contributed by atoms with Gasteiger partial charge >= 0.3 is 5.97 Å². The Labute approximate surface area is 289 Å². The number of likely N-dealkylation sites (tertiary alicyclic amines) is 1. The van der Waals surface area contributed by atoms with Crippen molar-refractivity contribution in [3.05, 3.63) is 84.5 Å². The maximum atomic E-state index is 14.9. The van der Waals surface area contributed by atoms with Gasteiger partial charge in [-0.05, 0) is 30.0 Å². The van der Waals surface area contributed by atoms with E-state index in [0.29, 0.717) is 18.4 Å². The number of carbonyl (C=O) groups is 4. The third kappa shape index (κ3) is 5.77. The predicted octanol–water partition coefficient (Wildman–Crippen LogP) is 2.53. The first kappa shape index (κ1) is 33.6. The topological polar surface area (TPSA) is 156 Å². The number of nitrogens with one attached hydrogen (secondary N) is 1. The van der Waals surface area contributed by atoms with E-state index < -0.39 is 59.5 Å². The van der Waals surface area contributed by atoms with Gasteiger partial charge in [0, 0.05) is 13.0 Å². The number of fused-ring (bicyclic) bond motifs is 3.